The predicted octanol–water partition coefficient (Wildman–Crippen LogP) is 4.70. The minimum Gasteiger partial charge on any atom is -0.445 e. The summed E-state index contributed by atoms with van der Waals surface area (Å²) < 4.78 is 18.1. The molecule has 1 saturated heterocycles. The van der Waals surface area contributed by atoms with Crippen LogP contribution in [0.15, 0.2) is 71.9 Å². The maximum atomic E-state index is 12.7. The summed E-state index contributed by atoms with van der Waals surface area (Å²) in [5.74, 6) is 0.848. The van der Waals surface area contributed by atoms with Crippen molar-refractivity contribution in [2.24, 2.45) is 0 Å². The molecule has 3 aromatic carbocycles. The van der Waals surface area contributed by atoms with Crippen molar-refractivity contribution in [2.75, 3.05) is 48.8 Å². The van der Waals surface area contributed by atoms with Crippen LogP contribution in [0.2, 0.25) is 0 Å². The van der Waals surface area contributed by atoms with E-state index in [2.05, 4.69) is 53.1 Å². The number of ether oxygens (including phenoxy) is 1. The van der Waals surface area contributed by atoms with Crippen LogP contribution in [0.5, 0.6) is 0 Å². The van der Waals surface area contributed by atoms with E-state index in [0.717, 1.165) is 35.6 Å². The van der Waals surface area contributed by atoms with Gasteiger partial charge >= 0.3 is 6.09 Å². The summed E-state index contributed by atoms with van der Waals surface area (Å²) in [7, 11) is -1.31. The third kappa shape index (κ3) is 5.38. The van der Waals surface area contributed by atoms with E-state index in [1.165, 1.54) is 22.0 Å². The number of piperazine rings is 1. The molecule has 8 nitrogen and oxygen atoms in total. The molecule has 0 spiro atoms. The first-order valence-electron chi connectivity index (χ1n) is 13.6. The van der Waals surface area contributed by atoms with Crippen molar-refractivity contribution in [3.05, 3.63) is 89.1 Å². The standard InChI is InChI=1S/C31H33N5O3S/c1-22-18-24-10-6-7-11-25(24)28(19-22)36-13-12-26-27(20-36)32-30(40(2)38)33-29(26)34-14-16-35(17-15-34)31(37)39-21-23-8-4-3-5-9-23/h3-11,18-19H,12-17,20-21H2,1-2H3. The molecule has 1 aromatic heterocycles. The van der Waals surface area contributed by atoms with E-state index in [4.69, 9.17) is 14.7 Å². The number of aromatic nitrogens is 2. The molecule has 0 N–H and O–H groups in total. The Hall–Kier alpha value is -3.98. The Morgan fingerprint density at radius 3 is 2.45 bits per heavy atom. The number of carbonyl (C=O) groups is 1. The third-order valence-corrected chi connectivity index (χ3v) is 8.34. The van der Waals surface area contributed by atoms with Gasteiger partial charge in [0.15, 0.2) is 0 Å². The van der Waals surface area contributed by atoms with E-state index in [-0.39, 0.29) is 12.7 Å². The lowest BCUT2D eigenvalue weighted by molar-refractivity contribution is 0.0941. The number of nitrogens with zero attached hydrogens (tertiary/aromatic N) is 5. The molecule has 0 bridgehead atoms. The van der Waals surface area contributed by atoms with E-state index >= 15 is 0 Å². The topological polar surface area (TPSA) is 78.9 Å². The second-order valence-electron chi connectivity index (χ2n) is 10.4. The molecule has 206 valence electrons. The first kappa shape index (κ1) is 26.3. The smallest absolute Gasteiger partial charge is 0.410 e. The van der Waals surface area contributed by atoms with Crippen LogP contribution in [0, 0.1) is 6.92 Å². The van der Waals surface area contributed by atoms with Gasteiger partial charge in [0, 0.05) is 55.6 Å². The molecule has 1 atom stereocenters. The maximum absolute atomic E-state index is 12.7. The minimum absolute atomic E-state index is 0.262. The fourth-order valence-electron chi connectivity index (χ4n) is 5.59. The maximum Gasteiger partial charge on any atom is 0.410 e. The van der Waals surface area contributed by atoms with Gasteiger partial charge in [0.1, 0.15) is 12.4 Å². The Kier molecular flexibility index (Phi) is 7.38. The first-order valence-corrected chi connectivity index (χ1v) is 15.2. The van der Waals surface area contributed by atoms with E-state index in [1.54, 1.807) is 11.2 Å². The lowest BCUT2D eigenvalue weighted by Crippen LogP contribution is -2.49. The molecule has 0 radical (unpaired) electrons. The van der Waals surface area contributed by atoms with Crippen molar-refractivity contribution in [2.45, 2.75) is 31.7 Å². The molecule has 4 aromatic rings. The molecule has 2 aliphatic rings. The summed E-state index contributed by atoms with van der Waals surface area (Å²) in [6.45, 7) is 6.21. The van der Waals surface area contributed by atoms with Crippen molar-refractivity contribution in [3.63, 3.8) is 0 Å². The van der Waals surface area contributed by atoms with Crippen molar-refractivity contribution in [1.82, 2.24) is 14.9 Å². The van der Waals surface area contributed by atoms with Gasteiger partial charge in [-0.1, -0.05) is 60.7 Å². The highest BCUT2D eigenvalue weighted by Crippen LogP contribution is 2.34. The Balaban J connectivity index is 1.20. The molecule has 1 fully saturated rings. The van der Waals surface area contributed by atoms with Crippen LogP contribution >= 0.6 is 0 Å². The van der Waals surface area contributed by atoms with E-state index < -0.39 is 10.8 Å². The molecule has 3 heterocycles. The molecular weight excluding hydrogens is 522 g/mol. The number of fused-ring (bicyclic) bond motifs is 2. The highest BCUT2D eigenvalue weighted by Gasteiger charge is 2.29. The van der Waals surface area contributed by atoms with Crippen molar-refractivity contribution in [1.29, 1.82) is 0 Å². The van der Waals surface area contributed by atoms with E-state index in [9.17, 15) is 9.00 Å². The second-order valence-corrected chi connectivity index (χ2v) is 11.7. The van der Waals surface area contributed by atoms with Crippen LogP contribution in [0.4, 0.5) is 16.3 Å². The summed E-state index contributed by atoms with van der Waals surface area (Å²) in [5, 5.41) is 2.80. The predicted molar refractivity (Wildman–Crippen MR) is 158 cm³/mol. The third-order valence-electron chi connectivity index (χ3n) is 7.65. The number of benzene rings is 3. The summed E-state index contributed by atoms with van der Waals surface area (Å²) in [4.78, 5) is 28.6. The van der Waals surface area contributed by atoms with Crippen LogP contribution in [0.1, 0.15) is 22.4 Å². The molecule has 2 aliphatic heterocycles. The van der Waals surface area contributed by atoms with Gasteiger partial charge < -0.3 is 19.4 Å². The molecule has 0 saturated carbocycles. The zero-order valence-corrected chi connectivity index (χ0v) is 23.7. The van der Waals surface area contributed by atoms with Gasteiger partial charge in [-0.15, -0.1) is 0 Å². The average Bonchev–Trinajstić information content (AvgIpc) is 2.99. The quantitative estimate of drug-likeness (QED) is 0.331. The summed E-state index contributed by atoms with van der Waals surface area (Å²) in [6.07, 6.45) is 2.12. The number of anilines is 2. The number of rotatable bonds is 5. The van der Waals surface area contributed by atoms with Crippen LogP contribution in [0.3, 0.4) is 0 Å². The number of carbonyl (C=O) groups excluding carboxylic acids is 1. The van der Waals surface area contributed by atoms with Crippen LogP contribution < -0.4 is 9.80 Å². The molecule has 6 rings (SSSR count). The largest absolute Gasteiger partial charge is 0.445 e. The van der Waals surface area contributed by atoms with Gasteiger partial charge in [0.25, 0.3) is 0 Å². The zero-order valence-electron chi connectivity index (χ0n) is 22.9. The van der Waals surface area contributed by atoms with Crippen molar-refractivity contribution in [3.8, 4) is 0 Å². The number of amides is 1. The van der Waals surface area contributed by atoms with Crippen LogP contribution in [-0.2, 0) is 35.1 Å². The van der Waals surface area contributed by atoms with Gasteiger partial charge in [-0.3, -0.25) is 4.21 Å². The molecule has 9 heteroatoms. The van der Waals surface area contributed by atoms with Crippen LogP contribution in [-0.4, -0.2) is 64.1 Å². The SMILES string of the molecule is Cc1cc(N2CCc3c(nc(S(C)=O)nc3N3CCN(C(=O)OCc4ccccc4)CC3)C2)c2ccccc2c1. The zero-order chi connectivity index (χ0) is 27.6. The average molecular weight is 556 g/mol. The fourth-order valence-corrected chi connectivity index (χ4v) is 6.05. The Bertz CT molecular complexity index is 1570. The normalized spacial score (nSPS) is 16.1. The van der Waals surface area contributed by atoms with Gasteiger partial charge in [-0.2, -0.15) is 0 Å². The Labute approximate surface area is 237 Å². The van der Waals surface area contributed by atoms with E-state index in [0.29, 0.717) is 37.9 Å². The van der Waals surface area contributed by atoms with E-state index in [1.807, 2.05) is 30.3 Å². The number of hydrogen-bond acceptors (Lipinski definition) is 7. The number of aryl methyl sites for hydroxylation is 1. The highest BCUT2D eigenvalue weighted by atomic mass is 32.2. The second kappa shape index (κ2) is 11.3. The first-order chi connectivity index (χ1) is 19.5. The van der Waals surface area contributed by atoms with Gasteiger partial charge in [0.2, 0.25) is 5.16 Å². The summed E-state index contributed by atoms with van der Waals surface area (Å²) in [5.41, 5.74) is 5.43. The number of hydrogen-bond donors (Lipinski definition) is 0. The molecular formula is C31H33N5O3S. The minimum atomic E-state index is -1.31. The van der Waals surface area contributed by atoms with Crippen LogP contribution in [0.25, 0.3) is 10.8 Å². The molecule has 1 unspecified atom stereocenters. The lowest BCUT2D eigenvalue weighted by atomic mass is 10.0. The van der Waals surface area contributed by atoms with Crippen molar-refractivity contribution < 1.29 is 13.7 Å². The molecule has 1 amide bonds. The molecule has 40 heavy (non-hydrogen) atoms. The lowest BCUT2D eigenvalue weighted by Gasteiger charge is -2.38. The highest BCUT2D eigenvalue weighted by molar-refractivity contribution is 7.84. The molecule has 0 aliphatic carbocycles. The Morgan fingerprint density at radius 2 is 1.68 bits per heavy atom. The summed E-state index contributed by atoms with van der Waals surface area (Å²) >= 11 is 0. The van der Waals surface area contributed by atoms with Gasteiger partial charge in [-0.25, -0.2) is 14.8 Å². The fraction of sp³-hybridized carbons (Fsp3) is 0.323. The van der Waals surface area contributed by atoms with Gasteiger partial charge in [-0.05, 0) is 35.9 Å². The summed E-state index contributed by atoms with van der Waals surface area (Å²) in [6, 6.07) is 22.6. The Morgan fingerprint density at radius 1 is 0.925 bits per heavy atom. The van der Waals surface area contributed by atoms with Gasteiger partial charge in [0.05, 0.1) is 23.0 Å². The monoisotopic (exact) mass is 555 g/mol. The van der Waals surface area contributed by atoms with Crippen molar-refractivity contribution >= 4 is 39.2 Å².